The van der Waals surface area contributed by atoms with Gasteiger partial charge in [0.25, 0.3) is 0 Å². The minimum absolute atomic E-state index is 0.614. The fraction of sp³-hybridized carbons (Fsp3) is 0.778. The first-order valence-corrected chi connectivity index (χ1v) is 4.14. The highest BCUT2D eigenvalue weighted by Gasteiger charge is 1.94. The van der Waals surface area contributed by atoms with Crippen molar-refractivity contribution in [1.82, 2.24) is 5.32 Å². The van der Waals surface area contributed by atoms with Crippen molar-refractivity contribution in [3.8, 4) is 0 Å². The maximum atomic E-state index is 3.39. The molecule has 0 saturated heterocycles. The van der Waals surface area contributed by atoms with Gasteiger partial charge in [0.2, 0.25) is 0 Å². The molecule has 0 fully saturated rings. The van der Waals surface area contributed by atoms with Crippen LogP contribution in [0, 0.1) is 0 Å². The molecule has 0 rings (SSSR count). The van der Waals surface area contributed by atoms with Gasteiger partial charge >= 0.3 is 0 Å². The van der Waals surface area contributed by atoms with E-state index >= 15 is 0 Å². The normalized spacial score (nSPS) is 15.0. The number of allylic oxidation sites excluding steroid dienone is 2. The van der Waals surface area contributed by atoms with Gasteiger partial charge in [0, 0.05) is 11.7 Å². The lowest BCUT2D eigenvalue weighted by Gasteiger charge is -2.12. The van der Waals surface area contributed by atoms with Gasteiger partial charge in [-0.1, -0.05) is 19.9 Å². The summed E-state index contributed by atoms with van der Waals surface area (Å²) < 4.78 is 0. The van der Waals surface area contributed by atoms with Crippen LogP contribution >= 0.6 is 0 Å². The fourth-order valence-electron chi connectivity index (χ4n) is 0.856. The van der Waals surface area contributed by atoms with Crippen LogP contribution in [-0.2, 0) is 0 Å². The summed E-state index contributed by atoms with van der Waals surface area (Å²) in [5.74, 6) is 0. The maximum absolute atomic E-state index is 3.39. The molecule has 60 valence electrons. The van der Waals surface area contributed by atoms with Crippen LogP contribution in [0.4, 0.5) is 0 Å². The minimum Gasteiger partial charge on any atom is -0.386 e. The van der Waals surface area contributed by atoms with Crippen LogP contribution in [-0.4, -0.2) is 6.04 Å². The van der Waals surface area contributed by atoms with Crippen molar-refractivity contribution in [2.45, 2.75) is 46.6 Å². The van der Waals surface area contributed by atoms with Gasteiger partial charge in [0.05, 0.1) is 0 Å². The van der Waals surface area contributed by atoms with Crippen molar-refractivity contribution in [2.24, 2.45) is 0 Å². The van der Waals surface area contributed by atoms with Gasteiger partial charge in [-0.05, 0) is 26.7 Å². The average Bonchev–Trinajstić information content (AvgIpc) is 1.88. The highest BCUT2D eigenvalue weighted by molar-refractivity contribution is 4.95. The molecule has 0 aromatic carbocycles. The predicted molar refractivity (Wildman–Crippen MR) is 46.9 cm³/mol. The molecule has 0 bridgehead atoms. The Hall–Kier alpha value is -0.460. The minimum atomic E-state index is 0.614. The van der Waals surface area contributed by atoms with Gasteiger partial charge in [-0.15, -0.1) is 0 Å². The lowest BCUT2D eigenvalue weighted by Crippen LogP contribution is -2.22. The molecule has 0 amide bonds. The highest BCUT2D eigenvalue weighted by atomic mass is 14.9. The van der Waals surface area contributed by atoms with E-state index in [1.165, 1.54) is 12.1 Å². The molecule has 0 aromatic heterocycles. The SMILES string of the molecule is CC/C=C(\C)NC(C)CC. The topological polar surface area (TPSA) is 12.0 Å². The molecule has 0 aromatic rings. The number of hydrogen-bond donors (Lipinski definition) is 1. The second-order valence-corrected chi connectivity index (χ2v) is 2.75. The first-order valence-electron chi connectivity index (χ1n) is 4.14. The molecule has 0 saturated carbocycles. The van der Waals surface area contributed by atoms with Crippen LogP contribution in [0.25, 0.3) is 0 Å². The summed E-state index contributed by atoms with van der Waals surface area (Å²) in [6.45, 7) is 8.67. The first kappa shape index (κ1) is 9.54. The second-order valence-electron chi connectivity index (χ2n) is 2.75. The fourth-order valence-corrected chi connectivity index (χ4v) is 0.856. The van der Waals surface area contributed by atoms with Gasteiger partial charge < -0.3 is 5.32 Å². The summed E-state index contributed by atoms with van der Waals surface area (Å²) in [4.78, 5) is 0. The molecule has 0 heterocycles. The smallest absolute Gasteiger partial charge is 0.0227 e. The van der Waals surface area contributed by atoms with Crippen LogP contribution in [0.15, 0.2) is 11.8 Å². The maximum Gasteiger partial charge on any atom is 0.0227 e. The zero-order chi connectivity index (χ0) is 7.98. The van der Waals surface area contributed by atoms with Gasteiger partial charge in [-0.2, -0.15) is 0 Å². The Balaban J connectivity index is 3.56. The average molecular weight is 141 g/mol. The van der Waals surface area contributed by atoms with Gasteiger partial charge in [0.15, 0.2) is 0 Å². The van der Waals surface area contributed by atoms with E-state index in [4.69, 9.17) is 0 Å². The van der Waals surface area contributed by atoms with Crippen LogP contribution < -0.4 is 5.32 Å². The van der Waals surface area contributed by atoms with Crippen molar-refractivity contribution in [1.29, 1.82) is 0 Å². The van der Waals surface area contributed by atoms with E-state index in [1.807, 2.05) is 0 Å². The Bertz CT molecular complexity index is 105. The number of hydrogen-bond acceptors (Lipinski definition) is 1. The van der Waals surface area contributed by atoms with Gasteiger partial charge in [0.1, 0.15) is 0 Å². The lowest BCUT2D eigenvalue weighted by atomic mass is 10.2. The van der Waals surface area contributed by atoms with Crippen LogP contribution in [0.1, 0.15) is 40.5 Å². The van der Waals surface area contributed by atoms with Crippen molar-refractivity contribution >= 4 is 0 Å². The highest BCUT2D eigenvalue weighted by Crippen LogP contribution is 1.95. The largest absolute Gasteiger partial charge is 0.386 e. The number of nitrogens with one attached hydrogen (secondary N) is 1. The standard InChI is InChI=1S/C9H19N/c1-5-7-9(4)10-8(3)6-2/h7-8,10H,5-6H2,1-4H3/b9-7+. The molecule has 0 radical (unpaired) electrons. The van der Waals surface area contributed by atoms with Crippen molar-refractivity contribution in [2.75, 3.05) is 0 Å². The molecule has 1 N–H and O–H groups in total. The van der Waals surface area contributed by atoms with E-state index in [2.05, 4.69) is 39.1 Å². The third kappa shape index (κ3) is 4.42. The quantitative estimate of drug-likeness (QED) is 0.634. The molecule has 0 aliphatic heterocycles. The van der Waals surface area contributed by atoms with Gasteiger partial charge in [-0.3, -0.25) is 0 Å². The third-order valence-corrected chi connectivity index (χ3v) is 1.60. The Morgan fingerprint density at radius 1 is 1.50 bits per heavy atom. The molecule has 10 heavy (non-hydrogen) atoms. The Labute approximate surface area is 64.5 Å². The van der Waals surface area contributed by atoms with Crippen LogP contribution in [0.2, 0.25) is 0 Å². The van der Waals surface area contributed by atoms with E-state index in [0.29, 0.717) is 6.04 Å². The molecule has 1 atom stereocenters. The molecule has 0 aliphatic rings. The predicted octanol–water partition coefficient (Wildman–Crippen LogP) is 2.69. The van der Waals surface area contributed by atoms with E-state index in [1.54, 1.807) is 0 Å². The Morgan fingerprint density at radius 2 is 2.10 bits per heavy atom. The van der Waals surface area contributed by atoms with E-state index in [0.717, 1.165) is 6.42 Å². The van der Waals surface area contributed by atoms with Crippen LogP contribution in [0.3, 0.4) is 0 Å². The second kappa shape index (κ2) is 5.33. The van der Waals surface area contributed by atoms with E-state index in [-0.39, 0.29) is 0 Å². The molecule has 0 spiro atoms. The molecule has 1 heteroatoms. The van der Waals surface area contributed by atoms with Crippen molar-refractivity contribution in [3.63, 3.8) is 0 Å². The monoisotopic (exact) mass is 141 g/mol. The van der Waals surface area contributed by atoms with E-state index in [9.17, 15) is 0 Å². The van der Waals surface area contributed by atoms with E-state index < -0.39 is 0 Å². The van der Waals surface area contributed by atoms with Gasteiger partial charge in [-0.25, -0.2) is 0 Å². The molecular formula is C9H19N. The van der Waals surface area contributed by atoms with Crippen molar-refractivity contribution < 1.29 is 0 Å². The Kier molecular flexibility index (Phi) is 5.09. The summed E-state index contributed by atoms with van der Waals surface area (Å²) >= 11 is 0. The zero-order valence-corrected chi connectivity index (χ0v) is 7.57. The zero-order valence-electron chi connectivity index (χ0n) is 7.57. The lowest BCUT2D eigenvalue weighted by molar-refractivity contribution is 0.594. The summed E-state index contributed by atoms with van der Waals surface area (Å²) in [5, 5.41) is 3.39. The summed E-state index contributed by atoms with van der Waals surface area (Å²) in [6.07, 6.45) is 4.52. The summed E-state index contributed by atoms with van der Waals surface area (Å²) in [6, 6.07) is 0.614. The third-order valence-electron chi connectivity index (χ3n) is 1.60. The Morgan fingerprint density at radius 3 is 2.50 bits per heavy atom. The van der Waals surface area contributed by atoms with Crippen molar-refractivity contribution in [3.05, 3.63) is 11.8 Å². The molecular weight excluding hydrogens is 122 g/mol. The number of rotatable bonds is 4. The summed E-state index contributed by atoms with van der Waals surface area (Å²) in [5.41, 5.74) is 1.30. The molecule has 1 nitrogen and oxygen atoms in total. The molecule has 0 aliphatic carbocycles. The summed E-state index contributed by atoms with van der Waals surface area (Å²) in [7, 11) is 0. The molecule has 1 unspecified atom stereocenters. The van der Waals surface area contributed by atoms with Crippen LogP contribution in [0.5, 0.6) is 0 Å². The first-order chi connectivity index (χ1) is 4.70.